The molecular formula is C48H31N5. The summed E-state index contributed by atoms with van der Waals surface area (Å²) in [6.45, 7) is 0. The molecule has 0 aliphatic heterocycles. The Morgan fingerprint density at radius 3 is 1.49 bits per heavy atom. The maximum Gasteiger partial charge on any atom is 0.237 e. The van der Waals surface area contributed by atoms with Crippen molar-refractivity contribution in [1.29, 1.82) is 0 Å². The normalized spacial score (nSPS) is 11.8. The van der Waals surface area contributed by atoms with Crippen LogP contribution in [0.1, 0.15) is 0 Å². The summed E-state index contributed by atoms with van der Waals surface area (Å²) >= 11 is 0. The highest BCUT2D eigenvalue weighted by Crippen LogP contribution is 2.39. The van der Waals surface area contributed by atoms with Crippen molar-refractivity contribution in [3.63, 3.8) is 0 Å². The number of aromatic nitrogens is 5. The van der Waals surface area contributed by atoms with Gasteiger partial charge in [-0.3, -0.25) is 4.57 Å². The van der Waals surface area contributed by atoms with Gasteiger partial charge in [0.05, 0.1) is 27.8 Å². The smallest absolute Gasteiger partial charge is 0.237 e. The second kappa shape index (κ2) is 11.7. The minimum Gasteiger partial charge on any atom is -0.309 e. The summed E-state index contributed by atoms with van der Waals surface area (Å²) in [6, 6.07) is 64.5. The Morgan fingerprint density at radius 2 is 0.849 bits per heavy atom. The first-order valence-electron chi connectivity index (χ1n) is 17.9. The molecule has 248 valence electrons. The lowest BCUT2D eigenvalue weighted by molar-refractivity contribution is 0.988. The van der Waals surface area contributed by atoms with Crippen molar-refractivity contribution in [2.24, 2.45) is 0 Å². The quantitative estimate of drug-likeness (QED) is 0.182. The Labute approximate surface area is 305 Å². The van der Waals surface area contributed by atoms with Gasteiger partial charge in [-0.2, -0.15) is 4.98 Å². The molecule has 0 aliphatic carbocycles. The predicted octanol–water partition coefficient (Wildman–Crippen LogP) is 11.9. The first-order valence-corrected chi connectivity index (χ1v) is 17.9. The van der Waals surface area contributed by atoms with E-state index in [1.54, 1.807) is 0 Å². The highest BCUT2D eigenvalue weighted by Gasteiger charge is 2.20. The molecular weight excluding hydrogens is 647 g/mol. The molecule has 4 heterocycles. The zero-order valence-electron chi connectivity index (χ0n) is 28.6. The van der Waals surface area contributed by atoms with E-state index in [-0.39, 0.29) is 0 Å². The van der Waals surface area contributed by atoms with Gasteiger partial charge in [0.15, 0.2) is 5.65 Å². The van der Waals surface area contributed by atoms with Gasteiger partial charge in [-0.15, -0.1) is 0 Å². The molecule has 0 unspecified atom stereocenters. The van der Waals surface area contributed by atoms with Crippen molar-refractivity contribution in [3.05, 3.63) is 188 Å². The van der Waals surface area contributed by atoms with Gasteiger partial charge >= 0.3 is 0 Å². The molecule has 0 aliphatic rings. The highest BCUT2D eigenvalue weighted by molar-refractivity contribution is 6.12. The number of hydrogen-bond donors (Lipinski definition) is 0. The summed E-state index contributed by atoms with van der Waals surface area (Å²) in [5.74, 6) is 0.640. The van der Waals surface area contributed by atoms with Crippen LogP contribution >= 0.6 is 0 Å². The summed E-state index contributed by atoms with van der Waals surface area (Å²) in [5, 5.41) is 5.81. The van der Waals surface area contributed by atoms with Crippen LogP contribution in [0.25, 0.3) is 94.4 Å². The summed E-state index contributed by atoms with van der Waals surface area (Å²) in [6.07, 6.45) is 2.09. The lowest BCUT2D eigenvalue weighted by atomic mass is 10.0. The third kappa shape index (κ3) is 4.57. The molecule has 0 bridgehead atoms. The van der Waals surface area contributed by atoms with E-state index in [2.05, 4.69) is 190 Å². The minimum atomic E-state index is 0.640. The third-order valence-corrected chi connectivity index (χ3v) is 10.5. The van der Waals surface area contributed by atoms with Crippen LogP contribution in [0.4, 0.5) is 0 Å². The summed E-state index contributed by atoms with van der Waals surface area (Å²) in [7, 11) is 0. The molecule has 11 rings (SSSR count). The van der Waals surface area contributed by atoms with Crippen LogP contribution in [0.5, 0.6) is 0 Å². The van der Waals surface area contributed by atoms with Gasteiger partial charge < -0.3 is 9.13 Å². The lowest BCUT2D eigenvalue weighted by Gasteiger charge is -2.12. The zero-order valence-corrected chi connectivity index (χ0v) is 28.6. The van der Waals surface area contributed by atoms with Crippen molar-refractivity contribution in [2.45, 2.75) is 0 Å². The first-order chi connectivity index (χ1) is 26.3. The van der Waals surface area contributed by atoms with Crippen LogP contribution in [-0.4, -0.2) is 23.7 Å². The van der Waals surface area contributed by atoms with Crippen LogP contribution in [0.2, 0.25) is 0 Å². The first kappa shape index (κ1) is 29.5. The van der Waals surface area contributed by atoms with Gasteiger partial charge in [0.25, 0.3) is 0 Å². The fourth-order valence-corrected chi connectivity index (χ4v) is 8.09. The number of rotatable bonds is 5. The van der Waals surface area contributed by atoms with Gasteiger partial charge in [-0.1, -0.05) is 115 Å². The summed E-state index contributed by atoms with van der Waals surface area (Å²) in [5.41, 5.74) is 11.9. The van der Waals surface area contributed by atoms with Crippen molar-refractivity contribution in [1.82, 2.24) is 23.7 Å². The molecule has 4 aromatic heterocycles. The topological polar surface area (TPSA) is 40.6 Å². The van der Waals surface area contributed by atoms with Crippen LogP contribution in [0.3, 0.4) is 0 Å². The van der Waals surface area contributed by atoms with Crippen molar-refractivity contribution in [2.75, 3.05) is 0 Å². The molecule has 0 amide bonds. The number of benzene rings is 7. The van der Waals surface area contributed by atoms with E-state index >= 15 is 0 Å². The Balaban J connectivity index is 1.13. The maximum atomic E-state index is 5.33. The SMILES string of the molecule is c1ccc(-c2nc(-n3c4ccccc4c4cc(-c5ccc6c(c5)c5ccccc5n6-c5ccccc5)ccc43)nc3c2ccn3-c2ccccc2)cc1. The zero-order chi connectivity index (χ0) is 34.9. The highest BCUT2D eigenvalue weighted by atomic mass is 15.2. The van der Waals surface area contributed by atoms with E-state index in [0.717, 1.165) is 61.0 Å². The molecule has 0 fully saturated rings. The standard InChI is InChI=1S/C48H31N5/c1-4-14-32(15-5-1)46-39-28-29-51(35-16-6-2-7-17-35)47(39)50-48(49-46)53-43-23-13-11-21-38(43)41-31-34(25-27-45(41)53)33-24-26-44-40(30-33)37-20-10-12-22-42(37)52(44)36-18-8-3-9-19-36/h1-31H. The third-order valence-electron chi connectivity index (χ3n) is 10.5. The van der Waals surface area contributed by atoms with Gasteiger partial charge in [-0.05, 0) is 77.9 Å². The minimum absolute atomic E-state index is 0.640. The van der Waals surface area contributed by atoms with Gasteiger partial charge in [0.2, 0.25) is 5.95 Å². The molecule has 0 saturated heterocycles. The van der Waals surface area contributed by atoms with Crippen LogP contribution in [0, 0.1) is 0 Å². The van der Waals surface area contributed by atoms with E-state index in [0.29, 0.717) is 5.95 Å². The summed E-state index contributed by atoms with van der Waals surface area (Å²) < 4.78 is 6.74. The Hall–Kier alpha value is -7.24. The van der Waals surface area contributed by atoms with Crippen LogP contribution < -0.4 is 0 Å². The predicted molar refractivity (Wildman–Crippen MR) is 218 cm³/mol. The van der Waals surface area contributed by atoms with E-state index in [4.69, 9.17) is 9.97 Å². The van der Waals surface area contributed by atoms with Gasteiger partial charge in [0, 0.05) is 50.1 Å². The molecule has 53 heavy (non-hydrogen) atoms. The molecule has 5 nitrogen and oxygen atoms in total. The molecule has 0 atom stereocenters. The Kier molecular flexibility index (Phi) is 6.48. The largest absolute Gasteiger partial charge is 0.309 e. The second-order valence-electron chi connectivity index (χ2n) is 13.5. The lowest BCUT2D eigenvalue weighted by Crippen LogP contribution is -2.05. The fraction of sp³-hybridized carbons (Fsp3) is 0. The fourth-order valence-electron chi connectivity index (χ4n) is 8.09. The average molecular weight is 678 g/mol. The molecule has 0 radical (unpaired) electrons. The number of fused-ring (bicyclic) bond motifs is 7. The molecule has 0 N–H and O–H groups in total. The van der Waals surface area contributed by atoms with Crippen molar-refractivity contribution >= 4 is 54.6 Å². The summed E-state index contributed by atoms with van der Waals surface area (Å²) in [4.78, 5) is 10.7. The van der Waals surface area contributed by atoms with E-state index in [1.165, 1.54) is 27.4 Å². The van der Waals surface area contributed by atoms with E-state index in [1.807, 2.05) is 12.1 Å². The number of nitrogens with zero attached hydrogens (tertiary/aromatic N) is 5. The molecule has 11 aromatic rings. The monoisotopic (exact) mass is 677 g/mol. The average Bonchev–Trinajstić information content (AvgIpc) is 3.91. The maximum absolute atomic E-state index is 5.33. The van der Waals surface area contributed by atoms with Crippen LogP contribution in [0.15, 0.2) is 188 Å². The van der Waals surface area contributed by atoms with Gasteiger partial charge in [0.1, 0.15) is 0 Å². The number of para-hydroxylation sites is 4. The van der Waals surface area contributed by atoms with Crippen LogP contribution in [-0.2, 0) is 0 Å². The molecule has 7 aromatic carbocycles. The molecule has 0 saturated carbocycles. The second-order valence-corrected chi connectivity index (χ2v) is 13.5. The van der Waals surface area contributed by atoms with E-state index in [9.17, 15) is 0 Å². The Morgan fingerprint density at radius 1 is 0.340 bits per heavy atom. The number of hydrogen-bond acceptors (Lipinski definition) is 2. The molecule has 0 spiro atoms. The molecule has 5 heteroatoms. The van der Waals surface area contributed by atoms with Crippen molar-refractivity contribution < 1.29 is 0 Å². The van der Waals surface area contributed by atoms with Gasteiger partial charge in [-0.25, -0.2) is 4.98 Å². The Bertz CT molecular complexity index is 3150. The van der Waals surface area contributed by atoms with Crippen molar-refractivity contribution in [3.8, 4) is 39.7 Å². The van der Waals surface area contributed by atoms with E-state index < -0.39 is 0 Å².